The zero-order valence-electron chi connectivity index (χ0n) is 9.29. The fourth-order valence-corrected chi connectivity index (χ4v) is 1.78. The molecule has 90 valence electrons. The van der Waals surface area contributed by atoms with Crippen molar-refractivity contribution in [1.82, 2.24) is 9.38 Å². The van der Waals surface area contributed by atoms with Crippen molar-refractivity contribution in [2.45, 2.75) is 19.4 Å². The molecule has 6 nitrogen and oxygen atoms in total. The predicted molar refractivity (Wildman–Crippen MR) is 61.9 cm³/mol. The van der Waals surface area contributed by atoms with Gasteiger partial charge in [-0.1, -0.05) is 0 Å². The van der Waals surface area contributed by atoms with Crippen LogP contribution in [-0.2, 0) is 6.42 Å². The lowest BCUT2D eigenvalue weighted by Crippen LogP contribution is -2.08. The van der Waals surface area contributed by atoms with Gasteiger partial charge in [-0.3, -0.25) is 0 Å². The van der Waals surface area contributed by atoms with Gasteiger partial charge in [-0.25, -0.2) is 9.78 Å². The van der Waals surface area contributed by atoms with Crippen LogP contribution in [0.25, 0.3) is 5.52 Å². The Morgan fingerprint density at radius 1 is 1.65 bits per heavy atom. The van der Waals surface area contributed by atoms with Crippen LogP contribution in [0.15, 0.2) is 18.3 Å². The molecule has 1 unspecified atom stereocenters. The Bertz CT molecular complexity index is 575. The molecule has 0 fully saturated rings. The number of hydrogen-bond donors (Lipinski definition) is 3. The Hall–Kier alpha value is -2.08. The summed E-state index contributed by atoms with van der Waals surface area (Å²) in [6.07, 6.45) is 1.37. The molecule has 2 heterocycles. The summed E-state index contributed by atoms with van der Waals surface area (Å²) in [6.45, 7) is 1.62. The van der Waals surface area contributed by atoms with Crippen LogP contribution in [0.5, 0.6) is 0 Å². The highest BCUT2D eigenvalue weighted by Gasteiger charge is 2.19. The molecule has 0 bridgehead atoms. The second kappa shape index (κ2) is 4.06. The SMILES string of the molecule is CC(O)Cc1nc(C(=O)O)c2c(N)cccn12. The fourth-order valence-electron chi connectivity index (χ4n) is 1.78. The third-order valence-electron chi connectivity index (χ3n) is 2.45. The van der Waals surface area contributed by atoms with Crippen molar-refractivity contribution in [3.8, 4) is 0 Å². The Kier molecular flexibility index (Phi) is 2.72. The summed E-state index contributed by atoms with van der Waals surface area (Å²) < 4.78 is 1.60. The van der Waals surface area contributed by atoms with E-state index in [4.69, 9.17) is 10.8 Å². The maximum atomic E-state index is 11.1. The molecule has 0 aliphatic carbocycles. The molecule has 6 heteroatoms. The minimum absolute atomic E-state index is 0.0845. The Morgan fingerprint density at radius 3 is 2.94 bits per heavy atom. The molecular weight excluding hydrogens is 222 g/mol. The van der Waals surface area contributed by atoms with Crippen molar-refractivity contribution >= 4 is 17.2 Å². The number of aromatic nitrogens is 2. The van der Waals surface area contributed by atoms with Crippen molar-refractivity contribution in [2.75, 3.05) is 5.73 Å². The summed E-state index contributed by atoms with van der Waals surface area (Å²) in [5.41, 5.74) is 6.39. The Morgan fingerprint density at radius 2 is 2.35 bits per heavy atom. The summed E-state index contributed by atoms with van der Waals surface area (Å²) in [6, 6.07) is 3.33. The van der Waals surface area contributed by atoms with E-state index < -0.39 is 12.1 Å². The van der Waals surface area contributed by atoms with E-state index in [0.29, 0.717) is 17.0 Å². The maximum Gasteiger partial charge on any atom is 0.356 e. The molecule has 1 atom stereocenters. The van der Waals surface area contributed by atoms with Gasteiger partial charge < -0.3 is 20.3 Å². The number of rotatable bonds is 3. The first-order valence-corrected chi connectivity index (χ1v) is 5.17. The zero-order chi connectivity index (χ0) is 12.6. The van der Waals surface area contributed by atoms with Crippen LogP contribution in [0.2, 0.25) is 0 Å². The number of hydrogen-bond acceptors (Lipinski definition) is 4. The van der Waals surface area contributed by atoms with Crippen molar-refractivity contribution in [1.29, 1.82) is 0 Å². The van der Waals surface area contributed by atoms with Crippen LogP contribution in [-0.4, -0.2) is 31.7 Å². The van der Waals surface area contributed by atoms with Gasteiger partial charge in [0.25, 0.3) is 0 Å². The van der Waals surface area contributed by atoms with Crippen LogP contribution >= 0.6 is 0 Å². The molecule has 0 radical (unpaired) electrons. The normalized spacial score (nSPS) is 12.8. The number of fused-ring (bicyclic) bond motifs is 1. The van der Waals surface area contributed by atoms with Gasteiger partial charge in [-0.15, -0.1) is 0 Å². The van der Waals surface area contributed by atoms with Crippen molar-refractivity contribution in [3.05, 3.63) is 29.8 Å². The van der Waals surface area contributed by atoms with E-state index in [1.54, 1.807) is 29.7 Å². The topological polar surface area (TPSA) is 101 Å². The number of carbonyl (C=O) groups is 1. The van der Waals surface area contributed by atoms with Gasteiger partial charge in [0.2, 0.25) is 0 Å². The second-order valence-corrected chi connectivity index (χ2v) is 3.92. The smallest absolute Gasteiger partial charge is 0.356 e. The number of anilines is 1. The highest BCUT2D eigenvalue weighted by molar-refractivity contribution is 5.97. The molecule has 2 aromatic rings. The van der Waals surface area contributed by atoms with E-state index in [1.807, 2.05) is 0 Å². The lowest BCUT2D eigenvalue weighted by molar-refractivity contribution is 0.0693. The molecule has 0 aliphatic heterocycles. The monoisotopic (exact) mass is 235 g/mol. The summed E-state index contributed by atoms with van der Waals surface area (Å²) in [5.74, 6) is -0.642. The van der Waals surface area contributed by atoms with Gasteiger partial charge in [0.15, 0.2) is 5.69 Å². The standard InChI is InChI=1S/C11H13N3O3/c1-6(15)5-8-13-9(11(16)17)10-7(12)3-2-4-14(8)10/h2-4,6,15H,5,12H2,1H3,(H,16,17). The van der Waals surface area contributed by atoms with Crippen LogP contribution < -0.4 is 5.73 Å². The average Bonchev–Trinajstić information content (AvgIpc) is 2.58. The first-order valence-electron chi connectivity index (χ1n) is 5.17. The van der Waals surface area contributed by atoms with Crippen molar-refractivity contribution in [2.24, 2.45) is 0 Å². The van der Waals surface area contributed by atoms with Gasteiger partial charge in [0.05, 0.1) is 11.8 Å². The number of aliphatic hydroxyl groups is 1. The fraction of sp³-hybridized carbons (Fsp3) is 0.273. The number of nitrogens with two attached hydrogens (primary N) is 1. The van der Waals surface area contributed by atoms with Crippen molar-refractivity contribution < 1.29 is 15.0 Å². The Balaban J connectivity index is 2.71. The Labute approximate surface area is 97.3 Å². The van der Waals surface area contributed by atoms with Gasteiger partial charge in [0, 0.05) is 12.6 Å². The molecule has 17 heavy (non-hydrogen) atoms. The number of aliphatic hydroxyl groups excluding tert-OH is 1. The van der Waals surface area contributed by atoms with Gasteiger partial charge in [-0.05, 0) is 19.1 Å². The summed E-state index contributed by atoms with van der Waals surface area (Å²) in [7, 11) is 0. The third kappa shape index (κ3) is 1.94. The van der Waals surface area contributed by atoms with Crippen LogP contribution in [0.1, 0.15) is 23.2 Å². The molecule has 0 saturated carbocycles. The number of nitrogen functional groups attached to an aromatic ring is 1. The van der Waals surface area contributed by atoms with Crippen LogP contribution in [0.3, 0.4) is 0 Å². The lowest BCUT2D eigenvalue weighted by Gasteiger charge is -2.04. The van der Waals surface area contributed by atoms with E-state index >= 15 is 0 Å². The van der Waals surface area contributed by atoms with Gasteiger partial charge in [-0.2, -0.15) is 0 Å². The number of nitrogens with zero attached hydrogens (tertiary/aromatic N) is 2. The number of aromatic carboxylic acids is 1. The van der Waals surface area contributed by atoms with E-state index in [2.05, 4.69) is 4.98 Å². The molecule has 0 aliphatic rings. The molecule has 0 aromatic carbocycles. The zero-order valence-corrected chi connectivity index (χ0v) is 9.29. The first-order chi connectivity index (χ1) is 8.00. The third-order valence-corrected chi connectivity index (χ3v) is 2.45. The van der Waals surface area contributed by atoms with E-state index in [9.17, 15) is 9.90 Å². The summed E-state index contributed by atoms with van der Waals surface area (Å²) >= 11 is 0. The summed E-state index contributed by atoms with van der Waals surface area (Å²) in [5, 5.41) is 18.4. The quantitative estimate of drug-likeness (QED) is 0.720. The minimum Gasteiger partial charge on any atom is -0.476 e. The molecule has 2 aromatic heterocycles. The molecule has 0 spiro atoms. The maximum absolute atomic E-state index is 11.1. The molecule has 0 amide bonds. The molecule has 0 saturated heterocycles. The van der Waals surface area contributed by atoms with E-state index in [1.165, 1.54) is 0 Å². The number of carboxylic acid groups (broad SMARTS) is 1. The average molecular weight is 235 g/mol. The molecule has 2 rings (SSSR count). The van der Waals surface area contributed by atoms with Crippen molar-refractivity contribution in [3.63, 3.8) is 0 Å². The predicted octanol–water partition coefficient (Wildman–Crippen LogP) is 0.538. The number of pyridine rings is 1. The van der Waals surface area contributed by atoms with Gasteiger partial charge in [0.1, 0.15) is 11.3 Å². The number of carboxylic acids is 1. The van der Waals surface area contributed by atoms with Crippen LogP contribution in [0.4, 0.5) is 5.69 Å². The highest BCUT2D eigenvalue weighted by Crippen LogP contribution is 2.20. The highest BCUT2D eigenvalue weighted by atomic mass is 16.4. The first kappa shape index (κ1) is 11.4. The molecule has 4 N–H and O–H groups in total. The van der Waals surface area contributed by atoms with Gasteiger partial charge >= 0.3 is 5.97 Å². The molecular formula is C11H13N3O3. The lowest BCUT2D eigenvalue weighted by atomic mass is 10.2. The van der Waals surface area contributed by atoms with Crippen LogP contribution in [0, 0.1) is 0 Å². The number of imidazole rings is 1. The minimum atomic E-state index is -1.13. The largest absolute Gasteiger partial charge is 0.476 e. The summed E-state index contributed by atoms with van der Waals surface area (Å²) in [4.78, 5) is 15.1. The second-order valence-electron chi connectivity index (χ2n) is 3.92. The van der Waals surface area contributed by atoms with E-state index in [-0.39, 0.29) is 12.1 Å². The van der Waals surface area contributed by atoms with E-state index in [0.717, 1.165) is 0 Å².